The number of thioether (sulfide) groups is 1. The molecule has 1 aliphatic rings. The van der Waals surface area contributed by atoms with E-state index in [-0.39, 0.29) is 11.3 Å². The Kier molecular flexibility index (Phi) is 3.26. The third-order valence-electron chi connectivity index (χ3n) is 2.69. The Hall–Kier alpha value is -0.610. The van der Waals surface area contributed by atoms with Crippen molar-refractivity contribution >= 4 is 11.8 Å². The average Bonchev–Trinajstić information content (AvgIpc) is 2.69. The molecule has 2 atom stereocenters. The van der Waals surface area contributed by atoms with E-state index >= 15 is 0 Å². The van der Waals surface area contributed by atoms with E-state index in [1.807, 2.05) is 0 Å². The Morgan fingerprint density at radius 1 is 1.40 bits per heavy atom. The lowest BCUT2D eigenvalue weighted by Gasteiger charge is -2.19. The van der Waals surface area contributed by atoms with Crippen LogP contribution >= 0.6 is 11.8 Å². The standard InChI is InChI=1S/C11H13F2NS/c12-7-3-4-8(9(13)6-7)11(14)10-2-1-5-15-10/h3-4,6,10-11H,1-2,5,14H2. The summed E-state index contributed by atoms with van der Waals surface area (Å²) in [7, 11) is 0. The molecular formula is C11H13F2NS. The van der Waals surface area contributed by atoms with Crippen molar-refractivity contribution < 1.29 is 8.78 Å². The molecule has 1 aliphatic heterocycles. The van der Waals surface area contributed by atoms with Gasteiger partial charge in [-0.25, -0.2) is 8.78 Å². The lowest BCUT2D eigenvalue weighted by Crippen LogP contribution is -2.22. The van der Waals surface area contributed by atoms with E-state index in [1.54, 1.807) is 11.8 Å². The van der Waals surface area contributed by atoms with Crippen molar-refractivity contribution in [3.8, 4) is 0 Å². The molecule has 0 aromatic heterocycles. The van der Waals surface area contributed by atoms with Gasteiger partial charge in [-0.1, -0.05) is 6.07 Å². The number of rotatable bonds is 2. The van der Waals surface area contributed by atoms with Crippen molar-refractivity contribution in [1.29, 1.82) is 0 Å². The fraction of sp³-hybridized carbons (Fsp3) is 0.455. The van der Waals surface area contributed by atoms with Gasteiger partial charge in [-0.05, 0) is 24.7 Å². The zero-order valence-electron chi connectivity index (χ0n) is 8.25. The van der Waals surface area contributed by atoms with E-state index in [1.165, 1.54) is 12.1 Å². The first-order valence-electron chi connectivity index (χ1n) is 5.00. The van der Waals surface area contributed by atoms with Gasteiger partial charge in [0, 0.05) is 22.9 Å². The van der Waals surface area contributed by atoms with E-state index < -0.39 is 11.6 Å². The van der Waals surface area contributed by atoms with E-state index in [4.69, 9.17) is 5.73 Å². The first-order valence-corrected chi connectivity index (χ1v) is 6.05. The van der Waals surface area contributed by atoms with Gasteiger partial charge in [0.05, 0.1) is 0 Å². The zero-order chi connectivity index (χ0) is 10.8. The molecule has 2 unspecified atom stereocenters. The van der Waals surface area contributed by atoms with Gasteiger partial charge in [0.15, 0.2) is 0 Å². The molecule has 4 heteroatoms. The van der Waals surface area contributed by atoms with Gasteiger partial charge in [-0.15, -0.1) is 0 Å². The topological polar surface area (TPSA) is 26.0 Å². The molecule has 0 saturated carbocycles. The Morgan fingerprint density at radius 3 is 2.80 bits per heavy atom. The van der Waals surface area contributed by atoms with Crippen molar-refractivity contribution in [2.24, 2.45) is 5.73 Å². The largest absolute Gasteiger partial charge is 0.323 e. The molecule has 82 valence electrons. The van der Waals surface area contributed by atoms with Crippen LogP contribution in [0.1, 0.15) is 24.4 Å². The third-order valence-corrected chi connectivity index (χ3v) is 4.17. The van der Waals surface area contributed by atoms with Gasteiger partial charge in [0.25, 0.3) is 0 Å². The molecule has 1 nitrogen and oxygen atoms in total. The number of benzene rings is 1. The summed E-state index contributed by atoms with van der Waals surface area (Å²) in [6.45, 7) is 0. The quantitative estimate of drug-likeness (QED) is 0.844. The summed E-state index contributed by atoms with van der Waals surface area (Å²) >= 11 is 1.77. The highest BCUT2D eigenvalue weighted by Crippen LogP contribution is 2.35. The highest BCUT2D eigenvalue weighted by molar-refractivity contribution is 8.00. The maximum absolute atomic E-state index is 13.4. The molecule has 0 amide bonds. The van der Waals surface area contributed by atoms with Gasteiger partial charge < -0.3 is 5.73 Å². The van der Waals surface area contributed by atoms with Crippen molar-refractivity contribution in [1.82, 2.24) is 0 Å². The minimum atomic E-state index is -0.553. The smallest absolute Gasteiger partial charge is 0.130 e. The SMILES string of the molecule is NC(c1ccc(F)cc1F)C1CCCS1. The second-order valence-electron chi connectivity index (χ2n) is 3.74. The molecule has 1 fully saturated rings. The molecule has 15 heavy (non-hydrogen) atoms. The lowest BCUT2D eigenvalue weighted by atomic mass is 10.0. The second-order valence-corrected chi connectivity index (χ2v) is 5.09. The fourth-order valence-corrected chi connectivity index (χ4v) is 3.18. The van der Waals surface area contributed by atoms with Gasteiger partial charge in [0.1, 0.15) is 11.6 Å². The zero-order valence-corrected chi connectivity index (χ0v) is 9.07. The third kappa shape index (κ3) is 2.32. The summed E-state index contributed by atoms with van der Waals surface area (Å²) < 4.78 is 26.1. The molecular weight excluding hydrogens is 216 g/mol. The summed E-state index contributed by atoms with van der Waals surface area (Å²) in [6, 6.07) is 3.29. The Bertz CT molecular complexity index is 350. The Balaban J connectivity index is 2.20. The maximum atomic E-state index is 13.4. The molecule has 1 heterocycles. The average molecular weight is 229 g/mol. The molecule has 1 saturated heterocycles. The van der Waals surface area contributed by atoms with Crippen LogP contribution in [-0.2, 0) is 0 Å². The minimum absolute atomic E-state index is 0.268. The van der Waals surface area contributed by atoms with Crippen LogP contribution in [0.15, 0.2) is 18.2 Å². The molecule has 2 N–H and O–H groups in total. The lowest BCUT2D eigenvalue weighted by molar-refractivity contribution is 0.544. The first-order chi connectivity index (χ1) is 7.18. The van der Waals surface area contributed by atoms with Crippen LogP contribution in [0.5, 0.6) is 0 Å². The highest BCUT2D eigenvalue weighted by atomic mass is 32.2. The van der Waals surface area contributed by atoms with Gasteiger partial charge in [-0.2, -0.15) is 11.8 Å². The monoisotopic (exact) mass is 229 g/mol. The van der Waals surface area contributed by atoms with Gasteiger partial charge >= 0.3 is 0 Å². The van der Waals surface area contributed by atoms with E-state index in [0.29, 0.717) is 5.56 Å². The number of hydrogen-bond donors (Lipinski definition) is 1. The molecule has 0 spiro atoms. The Morgan fingerprint density at radius 2 is 2.20 bits per heavy atom. The number of hydrogen-bond acceptors (Lipinski definition) is 2. The highest BCUT2D eigenvalue weighted by Gasteiger charge is 2.25. The predicted octanol–water partition coefficient (Wildman–Crippen LogP) is 2.86. The van der Waals surface area contributed by atoms with E-state index in [0.717, 1.165) is 24.7 Å². The minimum Gasteiger partial charge on any atom is -0.323 e. The van der Waals surface area contributed by atoms with Crippen molar-refractivity contribution in [3.05, 3.63) is 35.4 Å². The first kappa shape index (κ1) is 10.9. The van der Waals surface area contributed by atoms with Crippen molar-refractivity contribution in [3.63, 3.8) is 0 Å². The fourth-order valence-electron chi connectivity index (χ4n) is 1.86. The van der Waals surface area contributed by atoms with E-state index in [9.17, 15) is 8.78 Å². The van der Waals surface area contributed by atoms with Crippen LogP contribution in [-0.4, -0.2) is 11.0 Å². The normalized spacial score (nSPS) is 23.0. The predicted molar refractivity (Wildman–Crippen MR) is 58.8 cm³/mol. The molecule has 0 aliphatic carbocycles. The van der Waals surface area contributed by atoms with Gasteiger partial charge in [-0.3, -0.25) is 0 Å². The molecule has 0 bridgehead atoms. The van der Waals surface area contributed by atoms with Crippen molar-refractivity contribution in [2.45, 2.75) is 24.1 Å². The van der Waals surface area contributed by atoms with Crippen LogP contribution in [0.2, 0.25) is 0 Å². The van der Waals surface area contributed by atoms with Crippen LogP contribution in [0.4, 0.5) is 8.78 Å². The molecule has 1 aromatic carbocycles. The molecule has 1 aromatic rings. The van der Waals surface area contributed by atoms with Crippen LogP contribution in [0.3, 0.4) is 0 Å². The Labute approximate surface area is 92.0 Å². The molecule has 0 radical (unpaired) electrons. The number of halogens is 2. The summed E-state index contributed by atoms with van der Waals surface area (Å²) in [5.74, 6) is -0.00112. The van der Waals surface area contributed by atoms with Gasteiger partial charge in [0.2, 0.25) is 0 Å². The van der Waals surface area contributed by atoms with Crippen LogP contribution < -0.4 is 5.73 Å². The summed E-state index contributed by atoms with van der Waals surface area (Å²) in [4.78, 5) is 0. The van der Waals surface area contributed by atoms with Crippen LogP contribution in [0.25, 0.3) is 0 Å². The van der Waals surface area contributed by atoms with Crippen molar-refractivity contribution in [2.75, 3.05) is 5.75 Å². The van der Waals surface area contributed by atoms with E-state index in [2.05, 4.69) is 0 Å². The summed E-state index contributed by atoms with van der Waals surface area (Å²) in [5, 5.41) is 0.268. The number of nitrogens with two attached hydrogens (primary N) is 1. The molecule has 2 rings (SSSR count). The summed E-state index contributed by atoms with van der Waals surface area (Å²) in [5.41, 5.74) is 6.39. The second kappa shape index (κ2) is 4.49. The van der Waals surface area contributed by atoms with Crippen LogP contribution in [0, 0.1) is 11.6 Å². The summed E-state index contributed by atoms with van der Waals surface area (Å²) in [6.07, 6.45) is 2.15. The maximum Gasteiger partial charge on any atom is 0.130 e.